The zero-order valence-corrected chi connectivity index (χ0v) is 10.2. The summed E-state index contributed by atoms with van der Waals surface area (Å²) in [6, 6.07) is 0.835. The van der Waals surface area contributed by atoms with Gasteiger partial charge in [0.25, 0.3) is 0 Å². The van der Waals surface area contributed by atoms with Gasteiger partial charge in [0.15, 0.2) is 6.33 Å². The first-order valence-corrected chi connectivity index (χ1v) is 5.64. The average molecular weight is 277 g/mol. The number of carbonyl (C=O) groups excluding carboxylic acids is 1. The van der Waals surface area contributed by atoms with Crippen LogP contribution in [0.1, 0.15) is 16.2 Å². The Kier molecular flexibility index (Phi) is 4.22. The standard InChI is InChI=1S/C11H11N5O4/c17-10(18)7-3-8(5-12-4-7)16-11(19)13-2-1-9-14-6-15-20-9/h3-6H,1-2H2,(H,17,18)(H2,13,16,19). The molecule has 20 heavy (non-hydrogen) atoms. The van der Waals surface area contributed by atoms with E-state index in [9.17, 15) is 9.59 Å². The molecule has 9 heteroatoms. The number of pyridine rings is 1. The van der Waals surface area contributed by atoms with Crippen LogP contribution in [0, 0.1) is 0 Å². The molecular formula is C11H11N5O4. The van der Waals surface area contributed by atoms with Crippen molar-refractivity contribution >= 4 is 17.7 Å². The summed E-state index contributed by atoms with van der Waals surface area (Å²) in [6.07, 6.45) is 4.23. The van der Waals surface area contributed by atoms with Gasteiger partial charge in [-0.3, -0.25) is 4.98 Å². The Labute approximate surface area is 113 Å². The zero-order valence-electron chi connectivity index (χ0n) is 10.2. The van der Waals surface area contributed by atoms with Crippen molar-refractivity contribution in [3.8, 4) is 0 Å². The normalized spacial score (nSPS) is 10.0. The maximum absolute atomic E-state index is 11.6. The number of nitrogens with one attached hydrogen (secondary N) is 2. The third-order valence-corrected chi connectivity index (χ3v) is 2.27. The molecule has 0 aliphatic rings. The van der Waals surface area contributed by atoms with Crippen molar-refractivity contribution in [1.82, 2.24) is 20.4 Å². The SMILES string of the molecule is O=C(NCCc1ncno1)Nc1cncc(C(=O)O)c1. The Hall–Kier alpha value is -2.97. The zero-order chi connectivity index (χ0) is 14.4. The highest BCUT2D eigenvalue weighted by Gasteiger charge is 2.07. The molecule has 9 nitrogen and oxygen atoms in total. The number of anilines is 1. The number of amides is 2. The molecule has 0 saturated carbocycles. The molecule has 0 unspecified atom stereocenters. The molecule has 0 atom stereocenters. The Morgan fingerprint density at radius 1 is 1.35 bits per heavy atom. The predicted octanol–water partition coefficient (Wildman–Crippen LogP) is 0.527. The first-order valence-electron chi connectivity index (χ1n) is 5.64. The highest BCUT2D eigenvalue weighted by Crippen LogP contribution is 2.07. The van der Waals surface area contributed by atoms with Crippen LogP contribution in [0.3, 0.4) is 0 Å². The quantitative estimate of drug-likeness (QED) is 0.726. The van der Waals surface area contributed by atoms with Gasteiger partial charge in [-0.2, -0.15) is 4.98 Å². The monoisotopic (exact) mass is 277 g/mol. The summed E-state index contributed by atoms with van der Waals surface area (Å²) >= 11 is 0. The minimum atomic E-state index is -1.11. The second kappa shape index (κ2) is 6.27. The lowest BCUT2D eigenvalue weighted by Gasteiger charge is -2.06. The van der Waals surface area contributed by atoms with Crippen LogP contribution in [-0.4, -0.2) is 38.8 Å². The van der Waals surface area contributed by atoms with Crippen LogP contribution in [-0.2, 0) is 6.42 Å². The molecule has 104 valence electrons. The molecule has 0 radical (unpaired) electrons. The van der Waals surface area contributed by atoms with Gasteiger partial charge in [-0.25, -0.2) is 9.59 Å². The van der Waals surface area contributed by atoms with E-state index in [1.54, 1.807) is 0 Å². The summed E-state index contributed by atoms with van der Waals surface area (Å²) in [6.45, 7) is 0.306. The molecule has 2 aromatic rings. The lowest BCUT2D eigenvalue weighted by atomic mass is 10.3. The molecular weight excluding hydrogens is 266 g/mol. The fourth-order valence-electron chi connectivity index (χ4n) is 1.39. The van der Waals surface area contributed by atoms with Crippen LogP contribution in [0.4, 0.5) is 10.5 Å². The number of aromatic carboxylic acids is 1. The minimum absolute atomic E-state index is 0.00587. The molecule has 2 aromatic heterocycles. The van der Waals surface area contributed by atoms with E-state index in [1.807, 2.05) is 0 Å². The van der Waals surface area contributed by atoms with Gasteiger partial charge in [-0.15, -0.1) is 0 Å². The van der Waals surface area contributed by atoms with Gasteiger partial charge in [0.2, 0.25) is 5.89 Å². The first-order chi connectivity index (χ1) is 9.65. The minimum Gasteiger partial charge on any atom is -0.478 e. The molecule has 0 saturated heterocycles. The molecule has 0 aliphatic carbocycles. The summed E-state index contributed by atoms with van der Waals surface area (Å²) in [4.78, 5) is 29.8. The molecule has 2 rings (SSSR count). The van der Waals surface area contributed by atoms with Gasteiger partial charge in [0.1, 0.15) is 0 Å². The van der Waals surface area contributed by atoms with E-state index in [1.165, 1.54) is 24.8 Å². The number of aromatic nitrogens is 3. The molecule has 0 spiro atoms. The summed E-state index contributed by atoms with van der Waals surface area (Å²) in [5.41, 5.74) is 0.286. The molecule has 0 aromatic carbocycles. The van der Waals surface area contributed by atoms with E-state index >= 15 is 0 Å². The second-order valence-electron chi connectivity index (χ2n) is 3.73. The number of carbonyl (C=O) groups is 2. The fraction of sp³-hybridized carbons (Fsp3) is 0.182. The lowest BCUT2D eigenvalue weighted by Crippen LogP contribution is -2.30. The molecule has 0 fully saturated rings. The molecule has 3 N–H and O–H groups in total. The Morgan fingerprint density at radius 3 is 2.90 bits per heavy atom. The first kappa shape index (κ1) is 13.5. The lowest BCUT2D eigenvalue weighted by molar-refractivity contribution is 0.0696. The largest absolute Gasteiger partial charge is 0.478 e. The van der Waals surface area contributed by atoms with E-state index in [-0.39, 0.29) is 5.56 Å². The van der Waals surface area contributed by atoms with Crippen LogP contribution in [0.5, 0.6) is 0 Å². The third kappa shape index (κ3) is 3.77. The fourth-order valence-corrected chi connectivity index (χ4v) is 1.39. The van der Waals surface area contributed by atoms with Crippen molar-refractivity contribution in [3.05, 3.63) is 36.2 Å². The summed E-state index contributed by atoms with van der Waals surface area (Å²) < 4.78 is 4.77. The number of hydrogen-bond acceptors (Lipinski definition) is 6. The van der Waals surface area contributed by atoms with Crippen molar-refractivity contribution in [2.45, 2.75) is 6.42 Å². The van der Waals surface area contributed by atoms with Crippen molar-refractivity contribution < 1.29 is 19.2 Å². The van der Waals surface area contributed by atoms with Gasteiger partial charge in [-0.05, 0) is 6.07 Å². The number of hydrogen-bond donors (Lipinski definition) is 3. The highest BCUT2D eigenvalue weighted by molar-refractivity contribution is 5.92. The van der Waals surface area contributed by atoms with Crippen LogP contribution >= 0.6 is 0 Å². The highest BCUT2D eigenvalue weighted by atomic mass is 16.5. The van der Waals surface area contributed by atoms with E-state index in [2.05, 4.69) is 25.8 Å². The van der Waals surface area contributed by atoms with E-state index in [4.69, 9.17) is 9.63 Å². The average Bonchev–Trinajstić information content (AvgIpc) is 2.92. The molecule has 2 amide bonds. The maximum atomic E-state index is 11.6. The summed E-state index contributed by atoms with van der Waals surface area (Å²) in [7, 11) is 0. The van der Waals surface area contributed by atoms with Crippen LogP contribution in [0.2, 0.25) is 0 Å². The van der Waals surface area contributed by atoms with Gasteiger partial charge in [0.05, 0.1) is 17.4 Å². The topological polar surface area (TPSA) is 130 Å². The van der Waals surface area contributed by atoms with Crippen molar-refractivity contribution in [1.29, 1.82) is 0 Å². The van der Waals surface area contributed by atoms with E-state index < -0.39 is 12.0 Å². The van der Waals surface area contributed by atoms with Gasteiger partial charge < -0.3 is 20.3 Å². The van der Waals surface area contributed by atoms with Crippen LogP contribution in [0.15, 0.2) is 29.3 Å². The molecule has 2 heterocycles. The van der Waals surface area contributed by atoms with Crippen LogP contribution in [0.25, 0.3) is 0 Å². The predicted molar refractivity (Wildman–Crippen MR) is 66.2 cm³/mol. The van der Waals surface area contributed by atoms with Crippen molar-refractivity contribution in [2.75, 3.05) is 11.9 Å². The van der Waals surface area contributed by atoms with Gasteiger partial charge in [0, 0.05) is 19.2 Å². The van der Waals surface area contributed by atoms with Crippen LogP contribution < -0.4 is 10.6 Å². The second-order valence-corrected chi connectivity index (χ2v) is 3.73. The van der Waals surface area contributed by atoms with Gasteiger partial charge >= 0.3 is 12.0 Å². The van der Waals surface area contributed by atoms with Crippen molar-refractivity contribution in [2.24, 2.45) is 0 Å². The summed E-state index contributed by atoms with van der Waals surface area (Å²) in [5, 5.41) is 17.3. The maximum Gasteiger partial charge on any atom is 0.337 e. The Bertz CT molecular complexity index is 599. The molecule has 0 aliphatic heterocycles. The Balaban J connectivity index is 1.82. The Morgan fingerprint density at radius 2 is 2.20 bits per heavy atom. The smallest absolute Gasteiger partial charge is 0.337 e. The number of carboxylic acids is 1. The molecule has 0 bridgehead atoms. The number of rotatable bonds is 5. The van der Waals surface area contributed by atoms with Crippen molar-refractivity contribution in [3.63, 3.8) is 0 Å². The van der Waals surface area contributed by atoms with E-state index in [0.29, 0.717) is 24.5 Å². The number of urea groups is 1. The van der Waals surface area contributed by atoms with Gasteiger partial charge in [-0.1, -0.05) is 5.16 Å². The third-order valence-electron chi connectivity index (χ3n) is 2.27. The van der Waals surface area contributed by atoms with E-state index in [0.717, 1.165) is 0 Å². The summed E-state index contributed by atoms with van der Waals surface area (Å²) in [5.74, 6) is -0.696. The number of nitrogens with zero attached hydrogens (tertiary/aromatic N) is 3. The number of carboxylic acid groups (broad SMARTS) is 1.